The van der Waals surface area contributed by atoms with Gasteiger partial charge in [-0.15, -0.1) is 0 Å². The molecule has 2 amide bonds. The van der Waals surface area contributed by atoms with Crippen LogP contribution in [0, 0.1) is 0 Å². The zero-order valence-electron chi connectivity index (χ0n) is 39.4. The number of aromatic nitrogens is 4. The highest BCUT2D eigenvalue weighted by molar-refractivity contribution is 5.90. The van der Waals surface area contributed by atoms with Gasteiger partial charge in [-0.1, -0.05) is 13.8 Å². The molecular weight excluding hydrogens is 931 g/mol. The minimum atomic E-state index is -1.93. The van der Waals surface area contributed by atoms with Crippen LogP contribution in [0.15, 0.2) is 70.3 Å². The number of aliphatic hydroxyl groups is 1. The van der Waals surface area contributed by atoms with Gasteiger partial charge in [0.2, 0.25) is 11.8 Å². The van der Waals surface area contributed by atoms with Crippen LogP contribution in [0.4, 0.5) is 0 Å². The Hall–Kier alpha value is -8.10. The van der Waals surface area contributed by atoms with Gasteiger partial charge in [0.05, 0.1) is 76.8 Å². The average Bonchev–Trinajstić information content (AvgIpc) is 3.92. The molecule has 0 aliphatic carbocycles. The molecule has 0 radical (unpaired) electrons. The van der Waals surface area contributed by atoms with Crippen molar-refractivity contribution < 1.29 is 52.8 Å². The Bertz CT molecular complexity index is 3440. The molecule has 0 fully saturated rings. The Morgan fingerprint density at radius 1 is 0.681 bits per heavy atom. The van der Waals surface area contributed by atoms with Crippen LogP contribution in [0.25, 0.3) is 44.6 Å². The van der Waals surface area contributed by atoms with Crippen molar-refractivity contribution in [1.82, 2.24) is 35.1 Å². The number of fused-ring (bicyclic) bond motifs is 10. The molecule has 20 nitrogen and oxygen atoms in total. The van der Waals surface area contributed by atoms with E-state index in [1.807, 2.05) is 25.1 Å². The third-order valence-corrected chi connectivity index (χ3v) is 13.6. The number of pyridine rings is 4. The number of nitrogens with one attached hydrogen (secondary N) is 3. The van der Waals surface area contributed by atoms with Gasteiger partial charge in [0.15, 0.2) is 5.60 Å². The van der Waals surface area contributed by atoms with Crippen LogP contribution in [-0.4, -0.2) is 86.1 Å². The summed E-state index contributed by atoms with van der Waals surface area (Å²) in [5.74, 6) is -2.95. The first kappa shape index (κ1) is 47.6. The van der Waals surface area contributed by atoms with E-state index in [9.17, 15) is 43.5 Å². The van der Waals surface area contributed by atoms with E-state index in [4.69, 9.17) is 28.9 Å². The number of cyclic esters (lactones) is 2. The molecule has 4 aliphatic heterocycles. The summed E-state index contributed by atoms with van der Waals surface area (Å²) in [5, 5.41) is 21.1. The molecule has 72 heavy (non-hydrogen) atoms. The van der Waals surface area contributed by atoms with Gasteiger partial charge >= 0.3 is 23.9 Å². The Morgan fingerprint density at radius 2 is 1.21 bits per heavy atom. The molecule has 2 aromatic carbocycles. The van der Waals surface area contributed by atoms with E-state index >= 15 is 0 Å². The summed E-state index contributed by atoms with van der Waals surface area (Å²) in [6.45, 7) is 5.14. The molecule has 0 saturated heterocycles. The summed E-state index contributed by atoms with van der Waals surface area (Å²) in [4.78, 5) is 112. The molecule has 4 aliphatic rings. The molecule has 4 N–H and O–H groups in total. The molecule has 20 heteroatoms. The predicted molar refractivity (Wildman–Crippen MR) is 257 cm³/mol. The molecular formula is C52H49N7O13. The molecule has 0 saturated carbocycles. The van der Waals surface area contributed by atoms with E-state index < -0.39 is 29.4 Å². The lowest BCUT2D eigenvalue weighted by atomic mass is 9.86. The summed E-state index contributed by atoms with van der Waals surface area (Å²) in [5.41, 5.74) is 4.26. The summed E-state index contributed by atoms with van der Waals surface area (Å²) < 4.78 is 24.7. The second kappa shape index (κ2) is 19.2. The van der Waals surface area contributed by atoms with E-state index in [-0.39, 0.29) is 111 Å². The summed E-state index contributed by atoms with van der Waals surface area (Å²) >= 11 is 0. The molecule has 8 heterocycles. The topological polar surface area (TPSA) is 265 Å². The molecule has 4 aromatic heterocycles. The van der Waals surface area contributed by atoms with E-state index in [0.29, 0.717) is 87.5 Å². The van der Waals surface area contributed by atoms with Gasteiger partial charge in [-0.05, 0) is 79.1 Å². The van der Waals surface area contributed by atoms with Crippen molar-refractivity contribution >= 4 is 57.5 Å². The zero-order chi connectivity index (χ0) is 50.4. The van der Waals surface area contributed by atoms with Crippen molar-refractivity contribution in [2.75, 3.05) is 26.2 Å². The fraction of sp³-hybridized carbons (Fsp3) is 0.346. The van der Waals surface area contributed by atoms with Crippen molar-refractivity contribution in [2.24, 2.45) is 0 Å². The van der Waals surface area contributed by atoms with Crippen molar-refractivity contribution in [3.63, 3.8) is 0 Å². The maximum Gasteiger partial charge on any atom is 0.343 e. The van der Waals surface area contributed by atoms with Crippen LogP contribution in [0.5, 0.6) is 11.5 Å². The van der Waals surface area contributed by atoms with E-state index in [2.05, 4.69) is 16.0 Å². The molecule has 0 spiro atoms. The summed E-state index contributed by atoms with van der Waals surface area (Å²) in [7, 11) is 0. The van der Waals surface area contributed by atoms with Crippen molar-refractivity contribution in [3.05, 3.63) is 115 Å². The number of esters is 4. The highest BCUT2D eigenvalue weighted by atomic mass is 16.6. The number of hydrogen-bond donors (Lipinski definition) is 4. The fourth-order valence-corrected chi connectivity index (χ4v) is 9.75. The smallest absolute Gasteiger partial charge is 0.343 e. The van der Waals surface area contributed by atoms with Crippen LogP contribution in [0.1, 0.15) is 91.7 Å². The van der Waals surface area contributed by atoms with Gasteiger partial charge in [-0.2, -0.15) is 0 Å². The normalized spacial score (nSPS) is 16.9. The van der Waals surface area contributed by atoms with Crippen molar-refractivity contribution in [3.8, 4) is 34.3 Å². The largest absolute Gasteiger partial charge is 0.460 e. The lowest BCUT2D eigenvalue weighted by molar-refractivity contribution is -0.172. The first-order valence-corrected chi connectivity index (χ1v) is 23.9. The molecule has 0 bridgehead atoms. The first-order chi connectivity index (χ1) is 34.7. The molecule has 10 rings (SSSR count). The Morgan fingerprint density at radius 3 is 1.75 bits per heavy atom. The summed E-state index contributed by atoms with van der Waals surface area (Å²) in [6, 6.07) is 17.2. The average molecular weight is 980 g/mol. The Balaban J connectivity index is 0.617. The van der Waals surface area contributed by atoms with E-state index in [0.717, 1.165) is 11.1 Å². The Kier molecular flexibility index (Phi) is 12.7. The van der Waals surface area contributed by atoms with E-state index in [1.54, 1.807) is 58.5 Å². The number of carbonyl (C=O) groups excluding carboxylic acids is 6. The van der Waals surface area contributed by atoms with Crippen molar-refractivity contribution in [1.29, 1.82) is 0 Å². The zero-order valence-corrected chi connectivity index (χ0v) is 39.4. The molecule has 0 unspecified atom stereocenters. The predicted octanol–water partition coefficient (Wildman–Crippen LogP) is 3.26. The minimum absolute atomic E-state index is 0.0373. The lowest BCUT2D eigenvalue weighted by Gasteiger charge is -2.31. The Labute approximate surface area is 409 Å². The molecule has 2 atom stereocenters. The fourth-order valence-electron chi connectivity index (χ4n) is 9.75. The van der Waals surface area contributed by atoms with Crippen LogP contribution < -0.4 is 36.5 Å². The molecule has 6 aromatic rings. The van der Waals surface area contributed by atoms with E-state index in [1.165, 1.54) is 0 Å². The number of hydrogen-bond acceptors (Lipinski definition) is 16. The lowest BCUT2D eigenvalue weighted by Crippen LogP contribution is -2.44. The number of amides is 2. The highest BCUT2D eigenvalue weighted by Crippen LogP contribution is 2.40. The van der Waals surface area contributed by atoms with Gasteiger partial charge in [-0.25, -0.2) is 14.8 Å². The minimum Gasteiger partial charge on any atom is -0.460 e. The second-order valence-corrected chi connectivity index (χ2v) is 18.1. The standard InChI is InChI=1S/C52H49N7O13/c1-3-33-34-21-40-46-29(23-58(40)48(64)35(34)25-69-50(33)66)17-27-19-31(5-7-38(27)56-46)71-44(62)11-9-42(60)54-15-13-53-14-16-55-43(61)10-12-45(63)72-32-6-8-39-28(20-32)18-30-24-59-41(47(30)57-39)22-37-36(49(59)65)26-70-51(67)52(37,68)4-2/h5-8,17-22,33,53,68H,3-4,9-16,23-26H2,1-2H3,(H,54,60)(H,55,61)/t33-,52+/m1/s1. The summed E-state index contributed by atoms with van der Waals surface area (Å²) in [6.07, 6.45) is 0.0638. The third kappa shape index (κ3) is 8.87. The number of nitrogens with zero attached hydrogens (tertiary/aromatic N) is 4. The van der Waals surface area contributed by atoms with Crippen LogP contribution in [0.3, 0.4) is 0 Å². The van der Waals surface area contributed by atoms with Gasteiger partial charge in [-0.3, -0.25) is 33.6 Å². The maximum absolute atomic E-state index is 13.5. The van der Waals surface area contributed by atoms with Gasteiger partial charge in [0.1, 0.15) is 24.7 Å². The second-order valence-electron chi connectivity index (χ2n) is 18.1. The number of rotatable bonds is 16. The molecule has 370 valence electrons. The van der Waals surface area contributed by atoms with Crippen LogP contribution in [0.2, 0.25) is 0 Å². The SMILES string of the molecule is CC[C@H]1C(=O)OCc2c1cc1n(c2=O)Cc2cc3cc(OC(=O)CCC(=O)NCCNCCNC(=O)CCC(=O)Oc4ccc5nc6c(cc5c4)Cn4c-6cc5c(c4=O)COC(=O)[C@]5(O)CC)ccc3nc2-1. The monoisotopic (exact) mass is 979 g/mol. The third-order valence-electron chi connectivity index (χ3n) is 13.6. The number of benzene rings is 2. The number of ether oxygens (including phenoxy) is 4. The van der Waals surface area contributed by atoms with Crippen LogP contribution in [-0.2, 0) is 70.1 Å². The van der Waals surface area contributed by atoms with Gasteiger partial charge in [0, 0.05) is 66.5 Å². The van der Waals surface area contributed by atoms with Gasteiger partial charge < -0.3 is 49.1 Å². The quantitative estimate of drug-likeness (QED) is 0.0615. The maximum atomic E-state index is 13.5. The van der Waals surface area contributed by atoms with Crippen LogP contribution >= 0.6 is 0 Å². The highest BCUT2D eigenvalue weighted by Gasteiger charge is 2.45. The number of carbonyl (C=O) groups is 6. The van der Waals surface area contributed by atoms with Crippen molar-refractivity contribution in [2.45, 2.75) is 90.2 Å². The van der Waals surface area contributed by atoms with Gasteiger partial charge in [0.25, 0.3) is 11.1 Å². The first-order valence-electron chi connectivity index (χ1n) is 23.9.